The second-order valence-electron chi connectivity index (χ2n) is 6.70. The number of nitrogens with zero attached hydrogens (tertiary/aromatic N) is 1. The van der Waals surface area contributed by atoms with Crippen molar-refractivity contribution in [3.63, 3.8) is 0 Å². The molecule has 0 bridgehead atoms. The predicted molar refractivity (Wildman–Crippen MR) is 101 cm³/mol. The van der Waals surface area contributed by atoms with Gasteiger partial charge in [0.05, 0.1) is 12.0 Å². The van der Waals surface area contributed by atoms with Gasteiger partial charge in [-0.3, -0.25) is 9.59 Å². The number of hydrogen-bond acceptors (Lipinski definition) is 3. The maximum atomic E-state index is 12.3. The molecule has 1 heterocycles. The van der Waals surface area contributed by atoms with Gasteiger partial charge in [-0.25, -0.2) is 4.79 Å². The highest BCUT2D eigenvalue weighted by Gasteiger charge is 2.18. The van der Waals surface area contributed by atoms with Crippen LogP contribution < -0.4 is 5.32 Å². The van der Waals surface area contributed by atoms with E-state index in [2.05, 4.69) is 5.32 Å². The summed E-state index contributed by atoms with van der Waals surface area (Å²) in [4.78, 5) is 36.9. The molecule has 0 spiro atoms. The van der Waals surface area contributed by atoms with Gasteiger partial charge in [0.2, 0.25) is 11.8 Å². The van der Waals surface area contributed by atoms with Crippen molar-refractivity contribution in [3.05, 3.63) is 65.2 Å². The van der Waals surface area contributed by atoms with Gasteiger partial charge in [0, 0.05) is 25.2 Å². The number of benzene rings is 2. The van der Waals surface area contributed by atoms with Crippen LogP contribution in [-0.2, 0) is 22.6 Å². The fourth-order valence-electron chi connectivity index (χ4n) is 3.15. The van der Waals surface area contributed by atoms with Crippen molar-refractivity contribution >= 4 is 23.5 Å². The number of carboxylic acid groups (broad SMARTS) is 1. The normalized spacial score (nSPS) is 14.1. The van der Waals surface area contributed by atoms with E-state index >= 15 is 0 Å². The third-order valence-electron chi connectivity index (χ3n) is 4.57. The number of anilines is 1. The second kappa shape index (κ2) is 8.49. The van der Waals surface area contributed by atoms with Crippen molar-refractivity contribution in [3.8, 4) is 0 Å². The van der Waals surface area contributed by atoms with Crippen LogP contribution in [0.1, 0.15) is 40.7 Å². The summed E-state index contributed by atoms with van der Waals surface area (Å²) in [5, 5.41) is 11.8. The first-order valence-corrected chi connectivity index (χ1v) is 9.00. The molecule has 1 fully saturated rings. The summed E-state index contributed by atoms with van der Waals surface area (Å²) >= 11 is 0. The Kier molecular flexibility index (Phi) is 5.86. The van der Waals surface area contributed by atoms with Crippen LogP contribution >= 0.6 is 0 Å². The Morgan fingerprint density at radius 1 is 1.04 bits per heavy atom. The SMILES string of the molecule is O=C(Cc1ccc(C(=O)O)cc1)Nc1cccc(CN2CCCCC2=O)c1. The highest BCUT2D eigenvalue weighted by atomic mass is 16.4. The largest absolute Gasteiger partial charge is 0.478 e. The van der Waals surface area contributed by atoms with E-state index in [0.717, 1.165) is 30.5 Å². The first-order valence-electron chi connectivity index (χ1n) is 9.00. The van der Waals surface area contributed by atoms with Crippen LogP contribution in [0.25, 0.3) is 0 Å². The van der Waals surface area contributed by atoms with Crippen LogP contribution in [0.4, 0.5) is 5.69 Å². The Bertz CT molecular complexity index is 846. The van der Waals surface area contributed by atoms with Crippen molar-refractivity contribution in [2.45, 2.75) is 32.2 Å². The average Bonchev–Trinajstić information content (AvgIpc) is 2.64. The maximum Gasteiger partial charge on any atom is 0.335 e. The number of nitrogens with one attached hydrogen (secondary N) is 1. The molecule has 0 aromatic heterocycles. The Hall–Kier alpha value is -3.15. The van der Waals surface area contributed by atoms with E-state index in [9.17, 15) is 14.4 Å². The zero-order valence-electron chi connectivity index (χ0n) is 15.0. The smallest absolute Gasteiger partial charge is 0.335 e. The van der Waals surface area contributed by atoms with E-state index in [0.29, 0.717) is 18.7 Å². The van der Waals surface area contributed by atoms with Crippen molar-refractivity contribution in [2.24, 2.45) is 0 Å². The van der Waals surface area contributed by atoms with Crippen molar-refractivity contribution < 1.29 is 19.5 Å². The van der Waals surface area contributed by atoms with Gasteiger partial charge in [-0.2, -0.15) is 0 Å². The Balaban J connectivity index is 1.59. The monoisotopic (exact) mass is 366 g/mol. The lowest BCUT2D eigenvalue weighted by atomic mass is 10.1. The van der Waals surface area contributed by atoms with Gasteiger partial charge < -0.3 is 15.3 Å². The van der Waals surface area contributed by atoms with E-state index in [1.54, 1.807) is 12.1 Å². The molecule has 27 heavy (non-hydrogen) atoms. The minimum Gasteiger partial charge on any atom is -0.478 e. The standard InChI is InChI=1S/C21H22N2O4/c24-19(13-15-7-9-17(10-8-15)21(26)27)22-18-5-3-4-16(12-18)14-23-11-2-1-6-20(23)25/h3-5,7-10,12H,1-2,6,11,13-14H2,(H,22,24)(H,26,27). The molecule has 0 aliphatic carbocycles. The van der Waals surface area contributed by atoms with Gasteiger partial charge in [-0.05, 0) is 48.2 Å². The van der Waals surface area contributed by atoms with Crippen LogP contribution in [0.2, 0.25) is 0 Å². The lowest BCUT2D eigenvalue weighted by molar-refractivity contribution is -0.133. The van der Waals surface area contributed by atoms with Crippen molar-refractivity contribution in [1.29, 1.82) is 0 Å². The first kappa shape index (κ1) is 18.6. The molecule has 0 unspecified atom stereocenters. The van der Waals surface area contributed by atoms with E-state index in [1.807, 2.05) is 29.2 Å². The highest BCUT2D eigenvalue weighted by Crippen LogP contribution is 2.17. The molecule has 0 atom stereocenters. The van der Waals surface area contributed by atoms with Gasteiger partial charge in [0.25, 0.3) is 0 Å². The molecule has 0 radical (unpaired) electrons. The minimum absolute atomic E-state index is 0.161. The van der Waals surface area contributed by atoms with Crippen LogP contribution in [0.15, 0.2) is 48.5 Å². The molecule has 3 rings (SSSR count). The molecule has 6 nitrogen and oxygen atoms in total. The number of aromatic carboxylic acids is 1. The number of likely N-dealkylation sites (tertiary alicyclic amines) is 1. The van der Waals surface area contributed by atoms with E-state index < -0.39 is 5.97 Å². The van der Waals surface area contributed by atoms with Gasteiger partial charge in [-0.1, -0.05) is 24.3 Å². The van der Waals surface area contributed by atoms with E-state index in [4.69, 9.17) is 5.11 Å². The van der Waals surface area contributed by atoms with E-state index in [1.165, 1.54) is 12.1 Å². The quantitative estimate of drug-likeness (QED) is 0.822. The molecule has 2 amide bonds. The molecule has 0 saturated carbocycles. The molecule has 140 valence electrons. The molecular formula is C21H22N2O4. The summed E-state index contributed by atoms with van der Waals surface area (Å²) in [6, 6.07) is 13.8. The predicted octanol–water partition coefficient (Wildman–Crippen LogP) is 3.08. The summed E-state index contributed by atoms with van der Waals surface area (Å²) in [6.07, 6.45) is 2.76. The minimum atomic E-state index is -0.991. The van der Waals surface area contributed by atoms with Crippen molar-refractivity contribution in [2.75, 3.05) is 11.9 Å². The summed E-state index contributed by atoms with van der Waals surface area (Å²) in [6.45, 7) is 1.33. The van der Waals surface area contributed by atoms with Crippen LogP contribution in [0.5, 0.6) is 0 Å². The van der Waals surface area contributed by atoms with Crippen LogP contribution in [0, 0.1) is 0 Å². The Morgan fingerprint density at radius 2 is 1.81 bits per heavy atom. The number of carbonyl (C=O) groups is 3. The number of hydrogen-bond donors (Lipinski definition) is 2. The summed E-state index contributed by atoms with van der Waals surface area (Å²) < 4.78 is 0. The number of carboxylic acids is 1. The first-order chi connectivity index (χ1) is 13.0. The molecule has 1 aliphatic heterocycles. The number of piperidine rings is 1. The Labute approximate surface area is 157 Å². The third-order valence-corrected chi connectivity index (χ3v) is 4.57. The van der Waals surface area contributed by atoms with Gasteiger partial charge >= 0.3 is 5.97 Å². The average molecular weight is 366 g/mol. The fraction of sp³-hybridized carbons (Fsp3) is 0.286. The summed E-state index contributed by atoms with van der Waals surface area (Å²) in [5.74, 6) is -0.986. The summed E-state index contributed by atoms with van der Waals surface area (Å²) in [7, 11) is 0. The zero-order valence-corrected chi connectivity index (χ0v) is 15.0. The third kappa shape index (κ3) is 5.17. The van der Waals surface area contributed by atoms with Crippen molar-refractivity contribution in [1.82, 2.24) is 4.90 Å². The molecule has 6 heteroatoms. The summed E-state index contributed by atoms with van der Waals surface area (Å²) in [5.41, 5.74) is 2.60. The molecule has 2 aromatic rings. The highest BCUT2D eigenvalue weighted by molar-refractivity contribution is 5.92. The number of carbonyl (C=O) groups excluding carboxylic acids is 2. The lowest BCUT2D eigenvalue weighted by Crippen LogP contribution is -2.34. The van der Waals surface area contributed by atoms with Gasteiger partial charge in [-0.15, -0.1) is 0 Å². The molecule has 2 aromatic carbocycles. The maximum absolute atomic E-state index is 12.3. The van der Waals surface area contributed by atoms with Crippen LogP contribution in [-0.4, -0.2) is 34.3 Å². The number of rotatable bonds is 6. The van der Waals surface area contributed by atoms with E-state index in [-0.39, 0.29) is 23.8 Å². The Morgan fingerprint density at radius 3 is 2.52 bits per heavy atom. The molecule has 1 saturated heterocycles. The lowest BCUT2D eigenvalue weighted by Gasteiger charge is -2.26. The second-order valence-corrected chi connectivity index (χ2v) is 6.70. The topological polar surface area (TPSA) is 86.7 Å². The fourth-order valence-corrected chi connectivity index (χ4v) is 3.15. The zero-order chi connectivity index (χ0) is 19.2. The van der Waals surface area contributed by atoms with Gasteiger partial charge in [0.1, 0.15) is 0 Å². The molecule has 1 aliphatic rings. The van der Waals surface area contributed by atoms with Crippen LogP contribution in [0.3, 0.4) is 0 Å². The van der Waals surface area contributed by atoms with Gasteiger partial charge in [0.15, 0.2) is 0 Å². The molecule has 2 N–H and O–H groups in total. The molecular weight excluding hydrogens is 344 g/mol. The number of amides is 2.